The highest BCUT2D eigenvalue weighted by molar-refractivity contribution is 8.00. The second kappa shape index (κ2) is 6.95. The number of carbonyl (C=O) groups is 1. The molecule has 1 saturated heterocycles. The van der Waals surface area contributed by atoms with Crippen LogP contribution in [0.25, 0.3) is 0 Å². The number of carbonyl (C=O) groups excluding carboxylic acids is 1. The van der Waals surface area contributed by atoms with Crippen molar-refractivity contribution in [2.75, 3.05) is 26.5 Å². The van der Waals surface area contributed by atoms with Gasteiger partial charge >= 0.3 is 0 Å². The summed E-state index contributed by atoms with van der Waals surface area (Å²) in [5.74, 6) is 2.12. The van der Waals surface area contributed by atoms with Gasteiger partial charge in [-0.25, -0.2) is 4.98 Å². The first-order valence-corrected chi connectivity index (χ1v) is 8.38. The van der Waals surface area contributed by atoms with Crippen LogP contribution < -0.4 is 9.47 Å². The molecule has 1 atom stereocenters. The van der Waals surface area contributed by atoms with Crippen molar-refractivity contribution < 1.29 is 14.3 Å². The number of imidazole rings is 1. The maximum atomic E-state index is 12.3. The van der Waals surface area contributed by atoms with Crippen LogP contribution >= 0.6 is 11.8 Å². The molecule has 23 heavy (non-hydrogen) atoms. The molecule has 1 aliphatic heterocycles. The molecule has 0 spiro atoms. The highest BCUT2D eigenvalue weighted by Crippen LogP contribution is 2.43. The molecule has 1 fully saturated rings. The van der Waals surface area contributed by atoms with E-state index in [1.165, 1.54) is 0 Å². The van der Waals surface area contributed by atoms with E-state index in [1.54, 1.807) is 38.5 Å². The number of amides is 1. The van der Waals surface area contributed by atoms with Crippen LogP contribution in [0.2, 0.25) is 0 Å². The number of aromatic amines is 1. The Labute approximate surface area is 139 Å². The predicted octanol–water partition coefficient (Wildman–Crippen LogP) is 2.24. The molecule has 122 valence electrons. The van der Waals surface area contributed by atoms with Gasteiger partial charge in [0.05, 0.1) is 26.3 Å². The number of benzene rings is 1. The average Bonchev–Trinajstić information content (AvgIpc) is 3.22. The zero-order chi connectivity index (χ0) is 16.2. The van der Waals surface area contributed by atoms with Crippen LogP contribution in [0, 0.1) is 0 Å². The summed E-state index contributed by atoms with van der Waals surface area (Å²) < 4.78 is 10.7. The smallest absolute Gasteiger partial charge is 0.233 e. The Morgan fingerprint density at radius 2 is 2.26 bits per heavy atom. The molecule has 2 heterocycles. The number of H-pyrrole nitrogens is 1. The molecule has 1 unspecified atom stereocenters. The fourth-order valence-corrected chi connectivity index (χ4v) is 3.88. The summed E-state index contributed by atoms with van der Waals surface area (Å²) in [4.78, 5) is 21.2. The van der Waals surface area contributed by atoms with Crippen LogP contribution in [0.3, 0.4) is 0 Å². The van der Waals surface area contributed by atoms with E-state index in [0.29, 0.717) is 12.3 Å². The normalized spacial score (nSPS) is 17.6. The van der Waals surface area contributed by atoms with Gasteiger partial charge in [0.25, 0.3) is 0 Å². The highest BCUT2D eigenvalue weighted by atomic mass is 32.2. The van der Waals surface area contributed by atoms with Crippen LogP contribution in [0.1, 0.15) is 16.6 Å². The standard InChI is InChI=1S/C16H19N3O3S/c1-21-12-3-4-13(14(7-12)22-2)16-19(15(20)9-23-16)6-5-11-8-17-10-18-11/h3-4,7-8,10,16H,5-6,9H2,1-2H3,(H,17,18). The van der Waals surface area contributed by atoms with Crippen molar-refractivity contribution in [2.24, 2.45) is 0 Å². The quantitative estimate of drug-likeness (QED) is 0.878. The predicted molar refractivity (Wildman–Crippen MR) is 88.7 cm³/mol. The molecule has 0 aliphatic carbocycles. The third kappa shape index (κ3) is 3.29. The zero-order valence-electron chi connectivity index (χ0n) is 13.1. The average molecular weight is 333 g/mol. The van der Waals surface area contributed by atoms with Gasteiger partial charge in [0, 0.05) is 36.5 Å². The van der Waals surface area contributed by atoms with E-state index >= 15 is 0 Å². The summed E-state index contributed by atoms with van der Waals surface area (Å²) in [5.41, 5.74) is 2.02. The van der Waals surface area contributed by atoms with E-state index in [9.17, 15) is 4.79 Å². The van der Waals surface area contributed by atoms with Crippen molar-refractivity contribution in [3.63, 3.8) is 0 Å². The van der Waals surface area contributed by atoms with Gasteiger partial charge in [0.2, 0.25) is 5.91 Å². The Hall–Kier alpha value is -2.15. The summed E-state index contributed by atoms with van der Waals surface area (Å²) in [7, 11) is 3.26. The fourth-order valence-electron chi connectivity index (χ4n) is 2.64. The lowest BCUT2D eigenvalue weighted by molar-refractivity contribution is -0.128. The van der Waals surface area contributed by atoms with Crippen LogP contribution in [-0.4, -0.2) is 47.3 Å². The molecule has 0 saturated carbocycles. The Kier molecular flexibility index (Phi) is 4.76. The first-order valence-electron chi connectivity index (χ1n) is 7.33. The van der Waals surface area contributed by atoms with Crippen molar-refractivity contribution in [1.82, 2.24) is 14.9 Å². The lowest BCUT2D eigenvalue weighted by Gasteiger charge is -2.25. The molecule has 2 aromatic rings. The van der Waals surface area contributed by atoms with Crippen LogP contribution in [0.4, 0.5) is 0 Å². The van der Waals surface area contributed by atoms with Crippen LogP contribution in [0.15, 0.2) is 30.7 Å². The summed E-state index contributed by atoms with van der Waals surface area (Å²) >= 11 is 1.62. The molecular weight excluding hydrogens is 314 g/mol. The molecule has 6 nitrogen and oxygen atoms in total. The lowest BCUT2D eigenvalue weighted by Crippen LogP contribution is -2.30. The van der Waals surface area contributed by atoms with Gasteiger partial charge in [-0.1, -0.05) is 0 Å². The van der Waals surface area contributed by atoms with Gasteiger partial charge in [-0.3, -0.25) is 4.79 Å². The van der Waals surface area contributed by atoms with Gasteiger partial charge in [-0.2, -0.15) is 0 Å². The van der Waals surface area contributed by atoms with E-state index in [1.807, 2.05) is 23.1 Å². The fraction of sp³-hybridized carbons (Fsp3) is 0.375. The van der Waals surface area contributed by atoms with E-state index in [2.05, 4.69) is 9.97 Å². The Morgan fingerprint density at radius 1 is 1.39 bits per heavy atom. The maximum Gasteiger partial charge on any atom is 0.233 e. The largest absolute Gasteiger partial charge is 0.497 e. The first kappa shape index (κ1) is 15.7. The number of nitrogens with one attached hydrogen (secondary N) is 1. The maximum absolute atomic E-state index is 12.3. The molecular formula is C16H19N3O3S. The van der Waals surface area contributed by atoms with E-state index in [4.69, 9.17) is 9.47 Å². The first-order chi connectivity index (χ1) is 11.2. The molecule has 3 rings (SSSR count). The second-order valence-electron chi connectivity index (χ2n) is 5.19. The molecule has 0 radical (unpaired) electrons. The SMILES string of the molecule is COc1ccc(C2SCC(=O)N2CCc2cnc[nH]2)c(OC)c1. The summed E-state index contributed by atoms with van der Waals surface area (Å²) in [6.07, 6.45) is 4.19. The third-order valence-electron chi connectivity index (χ3n) is 3.85. The van der Waals surface area contributed by atoms with Crippen LogP contribution in [-0.2, 0) is 11.2 Å². The van der Waals surface area contributed by atoms with E-state index in [0.717, 1.165) is 29.2 Å². The Morgan fingerprint density at radius 3 is 2.96 bits per heavy atom. The number of methoxy groups -OCH3 is 2. The lowest BCUT2D eigenvalue weighted by atomic mass is 10.1. The molecule has 7 heteroatoms. The van der Waals surface area contributed by atoms with E-state index < -0.39 is 0 Å². The second-order valence-corrected chi connectivity index (χ2v) is 6.25. The molecule has 1 N–H and O–H groups in total. The zero-order valence-corrected chi connectivity index (χ0v) is 13.9. The number of aromatic nitrogens is 2. The topological polar surface area (TPSA) is 67.5 Å². The summed E-state index contributed by atoms with van der Waals surface area (Å²) in [5, 5.41) is -0.0359. The molecule has 0 bridgehead atoms. The highest BCUT2D eigenvalue weighted by Gasteiger charge is 2.34. The van der Waals surface area contributed by atoms with Crippen molar-refractivity contribution in [3.8, 4) is 11.5 Å². The number of nitrogens with zero attached hydrogens (tertiary/aromatic N) is 2. The number of ether oxygens (including phenoxy) is 2. The molecule has 1 amide bonds. The number of hydrogen-bond donors (Lipinski definition) is 1. The Bertz CT molecular complexity index is 675. The van der Waals surface area contributed by atoms with Crippen molar-refractivity contribution in [3.05, 3.63) is 42.0 Å². The summed E-state index contributed by atoms with van der Waals surface area (Å²) in [6, 6.07) is 5.72. The van der Waals surface area contributed by atoms with Gasteiger partial charge in [-0.15, -0.1) is 11.8 Å². The third-order valence-corrected chi connectivity index (χ3v) is 5.09. The van der Waals surface area contributed by atoms with Gasteiger partial charge in [0.15, 0.2) is 0 Å². The molecule has 1 aliphatic rings. The minimum Gasteiger partial charge on any atom is -0.497 e. The molecule has 1 aromatic carbocycles. The van der Waals surface area contributed by atoms with Crippen molar-refractivity contribution >= 4 is 17.7 Å². The van der Waals surface area contributed by atoms with Gasteiger partial charge < -0.3 is 19.4 Å². The van der Waals surface area contributed by atoms with Crippen LogP contribution in [0.5, 0.6) is 11.5 Å². The van der Waals surface area contributed by atoms with Crippen molar-refractivity contribution in [1.29, 1.82) is 0 Å². The van der Waals surface area contributed by atoms with Gasteiger partial charge in [0.1, 0.15) is 16.9 Å². The van der Waals surface area contributed by atoms with E-state index in [-0.39, 0.29) is 11.3 Å². The monoisotopic (exact) mass is 333 g/mol. The number of thioether (sulfide) groups is 1. The Balaban J connectivity index is 1.81. The van der Waals surface area contributed by atoms with Crippen molar-refractivity contribution in [2.45, 2.75) is 11.8 Å². The summed E-state index contributed by atoms with van der Waals surface area (Å²) in [6.45, 7) is 0.647. The minimum absolute atomic E-state index is 0.0359. The minimum atomic E-state index is -0.0359. The van der Waals surface area contributed by atoms with Gasteiger partial charge in [-0.05, 0) is 12.1 Å². The number of rotatable bonds is 6. The molecule has 1 aromatic heterocycles. The number of hydrogen-bond acceptors (Lipinski definition) is 5.